The van der Waals surface area contributed by atoms with Crippen molar-refractivity contribution in [3.8, 4) is 11.5 Å². The summed E-state index contributed by atoms with van der Waals surface area (Å²) in [6.07, 6.45) is 4.79. The molecule has 1 saturated heterocycles. The summed E-state index contributed by atoms with van der Waals surface area (Å²) in [4.78, 5) is 3.59. The smallest absolute Gasteiger partial charge is 0.243 e. The van der Waals surface area contributed by atoms with Crippen LogP contribution in [0.3, 0.4) is 0 Å². The number of fused-ring (bicyclic) bond motifs is 2. The highest BCUT2D eigenvalue weighted by molar-refractivity contribution is 7.89. The predicted octanol–water partition coefficient (Wildman–Crippen LogP) is 3.54. The van der Waals surface area contributed by atoms with Crippen LogP contribution >= 0.6 is 0 Å². The second-order valence-corrected chi connectivity index (χ2v) is 9.36. The number of aromatic nitrogens is 1. The maximum absolute atomic E-state index is 13.0. The van der Waals surface area contributed by atoms with Crippen molar-refractivity contribution in [2.75, 3.05) is 19.9 Å². The zero-order chi connectivity index (χ0) is 19.1. The largest absolute Gasteiger partial charge is 0.454 e. The van der Waals surface area contributed by atoms with E-state index in [-0.39, 0.29) is 11.7 Å². The molecule has 28 heavy (non-hydrogen) atoms. The van der Waals surface area contributed by atoms with Crippen molar-refractivity contribution in [2.24, 2.45) is 5.92 Å². The van der Waals surface area contributed by atoms with Gasteiger partial charge in [-0.05, 0) is 48.9 Å². The fourth-order valence-electron chi connectivity index (χ4n) is 4.15. The molecule has 0 spiro atoms. The van der Waals surface area contributed by atoms with Gasteiger partial charge in [0.05, 0.1) is 4.90 Å². The van der Waals surface area contributed by atoms with E-state index in [4.69, 9.17) is 9.47 Å². The van der Waals surface area contributed by atoms with E-state index in [2.05, 4.69) is 29.4 Å². The molecule has 3 aromatic rings. The first-order valence-corrected chi connectivity index (χ1v) is 11.0. The van der Waals surface area contributed by atoms with Crippen molar-refractivity contribution in [2.45, 2.75) is 24.2 Å². The summed E-state index contributed by atoms with van der Waals surface area (Å²) < 4.78 is 38.2. The minimum Gasteiger partial charge on any atom is -0.454 e. The van der Waals surface area contributed by atoms with Crippen molar-refractivity contribution >= 4 is 20.9 Å². The lowest BCUT2D eigenvalue weighted by Gasteiger charge is -2.31. The zero-order valence-corrected chi connectivity index (χ0v) is 16.2. The molecule has 7 heteroatoms. The molecule has 0 saturated carbocycles. The summed E-state index contributed by atoms with van der Waals surface area (Å²) in [5, 5.41) is 1.26. The van der Waals surface area contributed by atoms with Gasteiger partial charge in [0.2, 0.25) is 16.8 Å². The Morgan fingerprint density at radius 2 is 1.82 bits per heavy atom. The van der Waals surface area contributed by atoms with Gasteiger partial charge in [-0.15, -0.1) is 0 Å². The van der Waals surface area contributed by atoms with Gasteiger partial charge in [-0.2, -0.15) is 4.31 Å². The first-order chi connectivity index (χ1) is 13.6. The molecule has 0 unspecified atom stereocenters. The summed E-state index contributed by atoms with van der Waals surface area (Å²) in [6.45, 7) is 1.23. The fraction of sp³-hybridized carbons (Fsp3) is 0.333. The van der Waals surface area contributed by atoms with Crippen LogP contribution in [0.5, 0.6) is 11.5 Å². The van der Waals surface area contributed by atoms with Crippen LogP contribution in [-0.4, -0.2) is 37.6 Å². The Kier molecular flexibility index (Phi) is 4.29. The number of aromatic amines is 1. The van der Waals surface area contributed by atoms with Crippen molar-refractivity contribution in [3.63, 3.8) is 0 Å². The van der Waals surface area contributed by atoms with Crippen LogP contribution in [0.1, 0.15) is 18.4 Å². The number of nitrogens with zero attached hydrogens (tertiary/aromatic N) is 1. The first kappa shape index (κ1) is 17.6. The highest BCUT2D eigenvalue weighted by atomic mass is 32.2. The molecule has 5 rings (SSSR count). The Morgan fingerprint density at radius 3 is 2.68 bits per heavy atom. The van der Waals surface area contributed by atoms with Crippen LogP contribution in [-0.2, 0) is 16.4 Å². The van der Waals surface area contributed by atoms with E-state index in [0.29, 0.717) is 30.5 Å². The fourth-order valence-corrected chi connectivity index (χ4v) is 5.64. The third kappa shape index (κ3) is 3.04. The average molecular weight is 398 g/mol. The Morgan fingerprint density at radius 1 is 1.04 bits per heavy atom. The van der Waals surface area contributed by atoms with E-state index in [9.17, 15) is 8.42 Å². The lowest BCUT2D eigenvalue weighted by atomic mass is 9.91. The second-order valence-electron chi connectivity index (χ2n) is 7.43. The molecule has 2 aromatic carbocycles. The highest BCUT2D eigenvalue weighted by Gasteiger charge is 2.31. The molecule has 0 amide bonds. The molecule has 0 atom stereocenters. The molecule has 0 aliphatic carbocycles. The number of nitrogens with one attached hydrogen (secondary N) is 1. The Labute approximate surface area is 164 Å². The van der Waals surface area contributed by atoms with E-state index < -0.39 is 10.0 Å². The normalized spacial score (nSPS) is 18.0. The number of H-pyrrole nitrogens is 1. The van der Waals surface area contributed by atoms with Gasteiger partial charge in [-0.1, -0.05) is 18.2 Å². The molecule has 6 nitrogen and oxygen atoms in total. The van der Waals surface area contributed by atoms with Crippen LogP contribution in [0, 0.1) is 5.92 Å². The Bertz CT molecular complexity index is 1110. The number of para-hydroxylation sites is 1. The summed E-state index contributed by atoms with van der Waals surface area (Å²) in [5.74, 6) is 1.58. The molecule has 3 heterocycles. The number of piperidine rings is 1. The van der Waals surface area contributed by atoms with Crippen molar-refractivity contribution in [1.82, 2.24) is 9.29 Å². The standard InChI is InChI=1S/C21H22N2O4S/c24-28(25,17-5-6-20-21(12-17)27-14-26-20)23-9-7-15(8-10-23)11-16-13-22-19-4-2-1-3-18(16)19/h1-6,12-13,15,22H,7-11,14H2. The first-order valence-electron chi connectivity index (χ1n) is 9.56. The van der Waals surface area contributed by atoms with Gasteiger partial charge in [0.15, 0.2) is 11.5 Å². The summed E-state index contributed by atoms with van der Waals surface area (Å²) in [7, 11) is -3.51. The van der Waals surface area contributed by atoms with Crippen LogP contribution in [0.25, 0.3) is 10.9 Å². The maximum atomic E-state index is 13.0. The zero-order valence-electron chi connectivity index (χ0n) is 15.4. The van der Waals surface area contributed by atoms with Gasteiger partial charge in [-0.25, -0.2) is 8.42 Å². The molecule has 0 radical (unpaired) electrons. The van der Waals surface area contributed by atoms with E-state index >= 15 is 0 Å². The van der Waals surface area contributed by atoms with Crippen molar-refractivity contribution in [1.29, 1.82) is 0 Å². The van der Waals surface area contributed by atoms with E-state index in [1.165, 1.54) is 10.9 Å². The van der Waals surface area contributed by atoms with Gasteiger partial charge in [0.1, 0.15) is 0 Å². The van der Waals surface area contributed by atoms with Crippen LogP contribution in [0.15, 0.2) is 53.6 Å². The van der Waals surface area contributed by atoms with Gasteiger partial charge >= 0.3 is 0 Å². The molecule has 1 fully saturated rings. The Balaban J connectivity index is 1.27. The minimum atomic E-state index is -3.51. The number of hydrogen-bond donors (Lipinski definition) is 1. The summed E-state index contributed by atoms with van der Waals surface area (Å²) >= 11 is 0. The van der Waals surface area contributed by atoms with E-state index in [0.717, 1.165) is 24.8 Å². The quantitative estimate of drug-likeness (QED) is 0.730. The summed E-state index contributed by atoms with van der Waals surface area (Å²) in [6, 6.07) is 13.1. The topological polar surface area (TPSA) is 71.6 Å². The lowest BCUT2D eigenvalue weighted by Crippen LogP contribution is -2.38. The van der Waals surface area contributed by atoms with Crippen molar-refractivity contribution in [3.05, 3.63) is 54.2 Å². The molecular weight excluding hydrogens is 376 g/mol. The number of benzene rings is 2. The molecule has 1 aromatic heterocycles. The van der Waals surface area contributed by atoms with E-state index in [1.54, 1.807) is 22.5 Å². The molecule has 2 aliphatic rings. The average Bonchev–Trinajstić information content (AvgIpc) is 3.35. The SMILES string of the molecule is O=S(=O)(c1ccc2c(c1)OCO2)N1CCC(Cc2c[nH]c3ccccc23)CC1. The number of ether oxygens (including phenoxy) is 2. The van der Waals surface area contributed by atoms with Crippen LogP contribution < -0.4 is 9.47 Å². The number of rotatable bonds is 4. The number of sulfonamides is 1. The van der Waals surface area contributed by atoms with Gasteiger partial charge in [0, 0.05) is 36.3 Å². The van der Waals surface area contributed by atoms with Crippen molar-refractivity contribution < 1.29 is 17.9 Å². The second kappa shape index (κ2) is 6.83. The van der Waals surface area contributed by atoms with E-state index in [1.807, 2.05) is 6.07 Å². The maximum Gasteiger partial charge on any atom is 0.243 e. The van der Waals surface area contributed by atoms with Gasteiger partial charge in [-0.3, -0.25) is 0 Å². The predicted molar refractivity (Wildman–Crippen MR) is 106 cm³/mol. The monoisotopic (exact) mass is 398 g/mol. The number of hydrogen-bond acceptors (Lipinski definition) is 4. The molecule has 146 valence electrons. The molecule has 1 N–H and O–H groups in total. The van der Waals surface area contributed by atoms with Gasteiger partial charge in [0.25, 0.3) is 0 Å². The molecule has 0 bridgehead atoms. The van der Waals surface area contributed by atoms with Gasteiger partial charge < -0.3 is 14.5 Å². The molecule has 2 aliphatic heterocycles. The summed E-state index contributed by atoms with van der Waals surface area (Å²) in [5.41, 5.74) is 2.47. The lowest BCUT2D eigenvalue weighted by molar-refractivity contribution is 0.174. The highest BCUT2D eigenvalue weighted by Crippen LogP contribution is 2.35. The molecular formula is C21H22N2O4S. The minimum absolute atomic E-state index is 0.137. The van der Waals surface area contributed by atoms with Crippen LogP contribution in [0.2, 0.25) is 0 Å². The third-order valence-electron chi connectivity index (χ3n) is 5.74. The van der Waals surface area contributed by atoms with Crippen LogP contribution in [0.4, 0.5) is 0 Å². The third-order valence-corrected chi connectivity index (χ3v) is 7.63. The Hall–Kier alpha value is -2.51.